The highest BCUT2D eigenvalue weighted by atomic mass is 16.5. The number of rotatable bonds is 7. The molecule has 0 saturated heterocycles. The van der Waals surface area contributed by atoms with E-state index in [0.717, 1.165) is 12.3 Å². The molecule has 1 atom stereocenters. The van der Waals surface area contributed by atoms with Gasteiger partial charge in [-0.05, 0) is 50.9 Å². The number of ether oxygens (including phenoxy) is 2. The third-order valence-electron chi connectivity index (χ3n) is 3.67. The van der Waals surface area contributed by atoms with Gasteiger partial charge in [-0.1, -0.05) is 19.1 Å². The molecule has 0 heterocycles. The van der Waals surface area contributed by atoms with Gasteiger partial charge < -0.3 is 14.8 Å². The van der Waals surface area contributed by atoms with Gasteiger partial charge in [0.1, 0.15) is 5.75 Å². The summed E-state index contributed by atoms with van der Waals surface area (Å²) in [5, 5.41) is 3.50. The van der Waals surface area contributed by atoms with E-state index < -0.39 is 0 Å². The molecular formula is C16H25NO2. The third kappa shape index (κ3) is 3.71. The number of likely N-dealkylation sites (N-methyl/N-ethyl adjacent to an activating group) is 1. The van der Waals surface area contributed by atoms with E-state index in [-0.39, 0.29) is 11.6 Å². The molecule has 2 rings (SSSR count). The van der Waals surface area contributed by atoms with Gasteiger partial charge in [0.2, 0.25) is 0 Å². The molecule has 1 aromatic rings. The van der Waals surface area contributed by atoms with Crippen LogP contribution in [0.15, 0.2) is 24.3 Å². The predicted octanol–water partition coefficient (Wildman–Crippen LogP) is 3.30. The van der Waals surface area contributed by atoms with Gasteiger partial charge in [0, 0.05) is 7.11 Å². The van der Waals surface area contributed by atoms with E-state index in [1.54, 1.807) is 7.11 Å². The van der Waals surface area contributed by atoms with Gasteiger partial charge in [-0.2, -0.15) is 0 Å². The van der Waals surface area contributed by atoms with Gasteiger partial charge in [0.15, 0.2) is 0 Å². The second-order valence-corrected chi connectivity index (χ2v) is 5.68. The van der Waals surface area contributed by atoms with Gasteiger partial charge in [0.05, 0.1) is 17.7 Å². The van der Waals surface area contributed by atoms with Crippen LogP contribution in [0.2, 0.25) is 0 Å². The van der Waals surface area contributed by atoms with Gasteiger partial charge >= 0.3 is 0 Å². The van der Waals surface area contributed by atoms with E-state index >= 15 is 0 Å². The molecule has 1 aliphatic carbocycles. The van der Waals surface area contributed by atoms with E-state index in [1.807, 2.05) is 0 Å². The van der Waals surface area contributed by atoms with Crippen molar-refractivity contribution < 1.29 is 9.47 Å². The summed E-state index contributed by atoms with van der Waals surface area (Å²) in [6, 6.07) is 8.56. The Balaban J connectivity index is 2.11. The molecule has 1 fully saturated rings. The van der Waals surface area contributed by atoms with Crippen molar-refractivity contribution in [1.29, 1.82) is 0 Å². The molecular weight excluding hydrogens is 238 g/mol. The molecule has 19 heavy (non-hydrogen) atoms. The van der Waals surface area contributed by atoms with Crippen LogP contribution in [0.4, 0.5) is 0 Å². The molecule has 1 aromatic carbocycles. The first kappa shape index (κ1) is 14.4. The van der Waals surface area contributed by atoms with Crippen molar-refractivity contribution in [3.63, 3.8) is 0 Å². The number of hydrogen-bond donors (Lipinski definition) is 1. The molecule has 1 aliphatic rings. The van der Waals surface area contributed by atoms with E-state index in [0.29, 0.717) is 6.10 Å². The van der Waals surface area contributed by atoms with Crippen LogP contribution in [0.5, 0.6) is 5.75 Å². The predicted molar refractivity (Wildman–Crippen MR) is 77.6 cm³/mol. The van der Waals surface area contributed by atoms with Gasteiger partial charge in [-0.3, -0.25) is 0 Å². The Morgan fingerprint density at radius 2 is 1.89 bits per heavy atom. The van der Waals surface area contributed by atoms with E-state index in [1.165, 1.54) is 18.4 Å². The van der Waals surface area contributed by atoms with Crippen molar-refractivity contribution in [1.82, 2.24) is 5.32 Å². The maximum Gasteiger partial charge on any atom is 0.119 e. The smallest absolute Gasteiger partial charge is 0.119 e. The zero-order chi connectivity index (χ0) is 13.9. The van der Waals surface area contributed by atoms with Crippen LogP contribution >= 0.6 is 0 Å². The van der Waals surface area contributed by atoms with E-state index in [4.69, 9.17) is 9.47 Å². The highest BCUT2D eigenvalue weighted by molar-refractivity contribution is 5.31. The molecule has 1 N–H and O–H groups in total. The van der Waals surface area contributed by atoms with Crippen LogP contribution in [0.3, 0.4) is 0 Å². The minimum Gasteiger partial charge on any atom is -0.490 e. The average Bonchev–Trinajstić information content (AvgIpc) is 3.21. The lowest BCUT2D eigenvalue weighted by Crippen LogP contribution is -2.40. The summed E-state index contributed by atoms with van der Waals surface area (Å²) in [5.74, 6) is 0.969. The SMILES string of the molecule is CCNC(c1ccc(OC2CC2)cc1)C(C)(C)OC. The molecule has 3 heteroatoms. The number of nitrogens with one attached hydrogen (secondary N) is 1. The lowest BCUT2D eigenvalue weighted by Gasteiger charge is -2.34. The third-order valence-corrected chi connectivity index (χ3v) is 3.67. The van der Waals surface area contributed by atoms with Crippen molar-refractivity contribution in [2.45, 2.75) is 51.4 Å². The fourth-order valence-electron chi connectivity index (χ4n) is 2.20. The Hall–Kier alpha value is -1.06. The van der Waals surface area contributed by atoms with Gasteiger partial charge in [0.25, 0.3) is 0 Å². The lowest BCUT2D eigenvalue weighted by molar-refractivity contribution is -0.0107. The maximum atomic E-state index is 5.78. The molecule has 0 aliphatic heterocycles. The Morgan fingerprint density at radius 3 is 2.37 bits per heavy atom. The van der Waals surface area contributed by atoms with Crippen molar-refractivity contribution in [2.24, 2.45) is 0 Å². The fourth-order valence-corrected chi connectivity index (χ4v) is 2.20. The highest BCUT2D eigenvalue weighted by Crippen LogP contribution is 2.31. The molecule has 0 amide bonds. The largest absolute Gasteiger partial charge is 0.490 e. The lowest BCUT2D eigenvalue weighted by atomic mass is 9.91. The van der Waals surface area contributed by atoms with E-state index in [9.17, 15) is 0 Å². The quantitative estimate of drug-likeness (QED) is 0.818. The molecule has 0 radical (unpaired) electrons. The van der Waals surface area contributed by atoms with Crippen molar-refractivity contribution in [3.05, 3.63) is 29.8 Å². The van der Waals surface area contributed by atoms with Crippen LogP contribution < -0.4 is 10.1 Å². The number of benzene rings is 1. The van der Waals surface area contributed by atoms with Crippen molar-refractivity contribution >= 4 is 0 Å². The minimum atomic E-state index is -0.241. The van der Waals surface area contributed by atoms with E-state index in [2.05, 4.69) is 50.4 Å². The van der Waals surface area contributed by atoms with Crippen LogP contribution in [0.1, 0.15) is 45.2 Å². The summed E-state index contributed by atoms with van der Waals surface area (Å²) >= 11 is 0. The highest BCUT2D eigenvalue weighted by Gasteiger charge is 2.30. The monoisotopic (exact) mass is 263 g/mol. The molecule has 0 spiro atoms. The molecule has 1 unspecified atom stereocenters. The molecule has 0 bridgehead atoms. The number of hydrogen-bond acceptors (Lipinski definition) is 3. The summed E-state index contributed by atoms with van der Waals surface area (Å²) in [7, 11) is 1.76. The summed E-state index contributed by atoms with van der Waals surface area (Å²) in [6.45, 7) is 7.24. The van der Waals surface area contributed by atoms with Crippen LogP contribution in [-0.2, 0) is 4.74 Å². The minimum absolute atomic E-state index is 0.178. The summed E-state index contributed by atoms with van der Waals surface area (Å²) in [4.78, 5) is 0. The van der Waals surface area contributed by atoms with Crippen molar-refractivity contribution in [3.8, 4) is 5.75 Å². The first-order chi connectivity index (χ1) is 9.06. The second-order valence-electron chi connectivity index (χ2n) is 5.68. The van der Waals surface area contributed by atoms with Crippen molar-refractivity contribution in [2.75, 3.05) is 13.7 Å². The summed E-state index contributed by atoms with van der Waals surface area (Å²) < 4.78 is 11.4. The first-order valence-electron chi connectivity index (χ1n) is 7.12. The summed E-state index contributed by atoms with van der Waals surface area (Å²) in [5.41, 5.74) is 0.992. The fraction of sp³-hybridized carbons (Fsp3) is 0.625. The van der Waals surface area contributed by atoms with Crippen LogP contribution in [0, 0.1) is 0 Å². The van der Waals surface area contributed by atoms with Gasteiger partial charge in [-0.15, -0.1) is 0 Å². The zero-order valence-corrected chi connectivity index (χ0v) is 12.4. The Bertz CT molecular complexity index is 396. The Kier molecular flexibility index (Phi) is 4.48. The normalized spacial score (nSPS) is 17.3. The second kappa shape index (κ2) is 5.93. The average molecular weight is 263 g/mol. The Morgan fingerprint density at radius 1 is 1.26 bits per heavy atom. The molecule has 106 valence electrons. The standard InChI is InChI=1S/C16H25NO2/c1-5-17-15(16(2,3)18-4)12-6-8-13(9-7-12)19-14-10-11-14/h6-9,14-15,17H,5,10-11H2,1-4H3. The molecule has 0 aromatic heterocycles. The number of methoxy groups -OCH3 is 1. The Labute approximate surface area is 116 Å². The van der Waals surface area contributed by atoms with Crippen LogP contribution in [0.25, 0.3) is 0 Å². The molecule has 1 saturated carbocycles. The van der Waals surface area contributed by atoms with Gasteiger partial charge in [-0.25, -0.2) is 0 Å². The molecule has 3 nitrogen and oxygen atoms in total. The van der Waals surface area contributed by atoms with Crippen LogP contribution in [-0.4, -0.2) is 25.4 Å². The zero-order valence-electron chi connectivity index (χ0n) is 12.4. The maximum absolute atomic E-state index is 5.78. The topological polar surface area (TPSA) is 30.5 Å². The summed E-state index contributed by atoms with van der Waals surface area (Å²) in [6.07, 6.45) is 2.84. The first-order valence-corrected chi connectivity index (χ1v) is 7.12.